The molecule has 1 aromatic heterocycles. The van der Waals surface area contributed by atoms with Gasteiger partial charge in [0.1, 0.15) is 5.75 Å². The molecule has 3 N–H and O–H groups in total. The molecule has 0 spiro atoms. The number of aryl methyl sites for hydroxylation is 1. The Morgan fingerprint density at radius 3 is 2.70 bits per heavy atom. The zero-order valence-corrected chi connectivity index (χ0v) is 13.2. The van der Waals surface area contributed by atoms with Gasteiger partial charge in [-0.3, -0.25) is 4.79 Å². The van der Waals surface area contributed by atoms with Crippen LogP contribution in [0.5, 0.6) is 11.8 Å². The summed E-state index contributed by atoms with van der Waals surface area (Å²) in [6.07, 6.45) is 3.14. The fourth-order valence-corrected chi connectivity index (χ4v) is 1.95. The predicted molar refractivity (Wildman–Crippen MR) is 86.4 cm³/mol. The fourth-order valence-electron chi connectivity index (χ4n) is 1.95. The number of hydrogen-bond donors (Lipinski definition) is 2. The lowest BCUT2D eigenvalue weighted by atomic mass is 10.1. The number of hydrogen-bond acceptors (Lipinski definition) is 6. The molecule has 2 aromatic rings. The highest BCUT2D eigenvalue weighted by molar-refractivity contribution is 5.91. The maximum Gasteiger partial charge on any atom is 0.321 e. The number of carbonyl (C=O) groups excluding carboxylic acids is 1. The van der Waals surface area contributed by atoms with Gasteiger partial charge in [0.25, 0.3) is 0 Å². The minimum Gasteiger partial charge on any atom is -0.424 e. The van der Waals surface area contributed by atoms with Crippen LogP contribution in [0.3, 0.4) is 0 Å². The first-order chi connectivity index (χ1) is 11.1. The molecule has 1 heterocycles. The quantitative estimate of drug-likeness (QED) is 0.809. The lowest BCUT2D eigenvalue weighted by molar-refractivity contribution is -0.118. The third-order valence-corrected chi connectivity index (χ3v) is 3.23. The van der Waals surface area contributed by atoms with Crippen molar-refractivity contribution in [3.8, 4) is 11.8 Å². The van der Waals surface area contributed by atoms with E-state index in [4.69, 9.17) is 15.2 Å². The lowest BCUT2D eigenvalue weighted by Crippen LogP contribution is -2.28. The highest BCUT2D eigenvalue weighted by atomic mass is 16.5. The first-order valence-electron chi connectivity index (χ1n) is 7.20. The van der Waals surface area contributed by atoms with E-state index in [0.29, 0.717) is 18.0 Å². The second-order valence-corrected chi connectivity index (χ2v) is 4.96. The summed E-state index contributed by atoms with van der Waals surface area (Å²) in [5.41, 5.74) is 7.09. The Labute approximate surface area is 134 Å². The Kier molecular flexibility index (Phi) is 6.02. The number of carbonyl (C=O) groups is 1. The maximum absolute atomic E-state index is 12.0. The molecule has 0 saturated carbocycles. The monoisotopic (exact) mass is 316 g/mol. The number of rotatable bonds is 7. The number of benzene rings is 1. The van der Waals surface area contributed by atoms with Gasteiger partial charge in [0.2, 0.25) is 5.91 Å². The van der Waals surface area contributed by atoms with E-state index in [1.165, 1.54) is 7.11 Å². The van der Waals surface area contributed by atoms with Gasteiger partial charge in [0.05, 0.1) is 12.5 Å². The Bertz CT molecular complexity index is 645. The van der Waals surface area contributed by atoms with Crippen molar-refractivity contribution in [1.82, 2.24) is 9.97 Å². The highest BCUT2D eigenvalue weighted by Crippen LogP contribution is 2.24. The van der Waals surface area contributed by atoms with Gasteiger partial charge in [-0.05, 0) is 36.8 Å². The molecule has 0 saturated heterocycles. The summed E-state index contributed by atoms with van der Waals surface area (Å²) in [6.45, 7) is 2.18. The first-order valence-corrected chi connectivity index (χ1v) is 7.20. The van der Waals surface area contributed by atoms with E-state index in [0.717, 1.165) is 5.56 Å². The van der Waals surface area contributed by atoms with Gasteiger partial charge in [0, 0.05) is 31.7 Å². The molecule has 122 valence electrons. The number of anilines is 1. The molecular weight excluding hydrogens is 296 g/mol. The molecule has 0 bridgehead atoms. The summed E-state index contributed by atoms with van der Waals surface area (Å²) in [4.78, 5) is 20.0. The minimum atomic E-state index is -0.284. The van der Waals surface area contributed by atoms with Crippen LogP contribution in [0.1, 0.15) is 12.0 Å². The van der Waals surface area contributed by atoms with Gasteiger partial charge in [-0.15, -0.1) is 0 Å². The van der Waals surface area contributed by atoms with Crippen LogP contribution in [-0.4, -0.2) is 35.6 Å². The number of nitrogens with two attached hydrogens (primary N) is 1. The first kappa shape index (κ1) is 16.9. The fraction of sp³-hybridized carbons (Fsp3) is 0.312. The summed E-state index contributed by atoms with van der Waals surface area (Å²) >= 11 is 0. The summed E-state index contributed by atoms with van der Waals surface area (Å²) in [7, 11) is 1.54. The number of ether oxygens (including phenoxy) is 2. The van der Waals surface area contributed by atoms with Crippen LogP contribution >= 0.6 is 0 Å². The third kappa shape index (κ3) is 5.01. The van der Waals surface area contributed by atoms with Gasteiger partial charge in [-0.1, -0.05) is 0 Å². The molecule has 0 aliphatic carbocycles. The Morgan fingerprint density at radius 1 is 1.35 bits per heavy atom. The summed E-state index contributed by atoms with van der Waals surface area (Å²) in [5.74, 6) is 0.453. The molecule has 1 unspecified atom stereocenters. The zero-order valence-electron chi connectivity index (χ0n) is 13.2. The smallest absolute Gasteiger partial charge is 0.321 e. The van der Waals surface area contributed by atoms with Crippen molar-refractivity contribution >= 4 is 11.6 Å². The Balaban J connectivity index is 2.00. The average molecular weight is 316 g/mol. The van der Waals surface area contributed by atoms with Crippen LogP contribution in [0.4, 0.5) is 5.69 Å². The number of aromatic nitrogens is 2. The zero-order chi connectivity index (χ0) is 16.7. The van der Waals surface area contributed by atoms with Crippen molar-refractivity contribution in [3.63, 3.8) is 0 Å². The van der Waals surface area contributed by atoms with Gasteiger partial charge in [0.15, 0.2) is 0 Å². The largest absolute Gasteiger partial charge is 0.424 e. The number of nitrogens with zero attached hydrogens (tertiary/aromatic N) is 2. The molecule has 0 aliphatic heterocycles. The van der Waals surface area contributed by atoms with Crippen LogP contribution in [0.15, 0.2) is 36.7 Å². The second kappa shape index (κ2) is 8.21. The van der Waals surface area contributed by atoms with Crippen LogP contribution in [0, 0.1) is 6.92 Å². The molecule has 0 aliphatic rings. The maximum atomic E-state index is 12.0. The summed E-state index contributed by atoms with van der Waals surface area (Å²) in [5, 5.41) is 2.84. The van der Waals surface area contributed by atoms with E-state index >= 15 is 0 Å². The van der Waals surface area contributed by atoms with Crippen molar-refractivity contribution in [2.75, 3.05) is 19.0 Å². The van der Waals surface area contributed by atoms with Crippen molar-refractivity contribution in [2.24, 2.45) is 5.73 Å². The normalized spacial score (nSPS) is 11.8. The molecule has 0 fully saturated rings. The molecule has 2 rings (SSSR count). The van der Waals surface area contributed by atoms with Crippen LogP contribution in [0.25, 0.3) is 0 Å². The van der Waals surface area contributed by atoms with Crippen molar-refractivity contribution < 1.29 is 14.3 Å². The van der Waals surface area contributed by atoms with Gasteiger partial charge in [-0.2, -0.15) is 0 Å². The van der Waals surface area contributed by atoms with Gasteiger partial charge < -0.3 is 20.5 Å². The van der Waals surface area contributed by atoms with E-state index in [1.807, 2.05) is 13.0 Å². The number of methoxy groups -OCH3 is 1. The Morgan fingerprint density at radius 2 is 2.09 bits per heavy atom. The SMILES string of the molecule is COC(CN)CC(=O)Nc1ccc(Oc2ncccn2)cc1C. The average Bonchev–Trinajstić information content (AvgIpc) is 2.56. The molecule has 0 radical (unpaired) electrons. The van der Waals surface area contributed by atoms with Crippen molar-refractivity contribution in [2.45, 2.75) is 19.4 Å². The number of amides is 1. The lowest BCUT2D eigenvalue weighted by Gasteiger charge is -2.14. The van der Waals surface area contributed by atoms with Crippen LogP contribution in [0.2, 0.25) is 0 Å². The van der Waals surface area contributed by atoms with Crippen LogP contribution in [-0.2, 0) is 9.53 Å². The minimum absolute atomic E-state index is 0.148. The van der Waals surface area contributed by atoms with E-state index in [9.17, 15) is 4.79 Å². The Hall–Kier alpha value is -2.51. The van der Waals surface area contributed by atoms with Crippen molar-refractivity contribution in [3.05, 3.63) is 42.2 Å². The highest BCUT2D eigenvalue weighted by Gasteiger charge is 2.12. The number of nitrogens with one attached hydrogen (secondary N) is 1. The summed E-state index contributed by atoms with van der Waals surface area (Å²) < 4.78 is 10.7. The van der Waals surface area contributed by atoms with E-state index in [2.05, 4.69) is 15.3 Å². The molecule has 1 aromatic carbocycles. The standard InChI is InChI=1S/C16H20N4O3/c1-11-8-12(23-16-18-6-3-7-19-16)4-5-14(11)20-15(21)9-13(10-17)22-2/h3-8,13H,9-10,17H2,1-2H3,(H,20,21). The molecule has 23 heavy (non-hydrogen) atoms. The van der Waals surface area contributed by atoms with Crippen LogP contribution < -0.4 is 15.8 Å². The third-order valence-electron chi connectivity index (χ3n) is 3.23. The van der Waals surface area contributed by atoms with E-state index in [1.54, 1.807) is 30.6 Å². The molecule has 1 amide bonds. The predicted octanol–water partition coefficient (Wildman–Crippen LogP) is 1.88. The van der Waals surface area contributed by atoms with E-state index in [-0.39, 0.29) is 24.4 Å². The summed E-state index contributed by atoms with van der Waals surface area (Å²) in [6, 6.07) is 7.31. The van der Waals surface area contributed by atoms with Gasteiger partial charge in [-0.25, -0.2) is 9.97 Å². The molecule has 7 heteroatoms. The molecule has 7 nitrogen and oxygen atoms in total. The van der Waals surface area contributed by atoms with Gasteiger partial charge >= 0.3 is 6.01 Å². The van der Waals surface area contributed by atoms with Crippen molar-refractivity contribution in [1.29, 1.82) is 0 Å². The topological polar surface area (TPSA) is 99.4 Å². The van der Waals surface area contributed by atoms with E-state index < -0.39 is 0 Å². The molecular formula is C16H20N4O3. The second-order valence-electron chi connectivity index (χ2n) is 4.96. The molecule has 1 atom stereocenters.